The number of rotatable bonds is 4. The molecule has 5 nitrogen and oxygen atoms in total. The second kappa shape index (κ2) is 8.00. The van der Waals surface area contributed by atoms with Gasteiger partial charge in [0.2, 0.25) is 0 Å². The molecule has 0 unspecified atom stereocenters. The van der Waals surface area contributed by atoms with E-state index < -0.39 is 0 Å². The highest BCUT2D eigenvalue weighted by molar-refractivity contribution is 5.90. The maximum atomic E-state index is 12.4. The molecule has 0 aromatic heterocycles. The zero-order chi connectivity index (χ0) is 15.1. The standard InChI is InChI=1S/C16H25N3O2/c1-3-21-13-14-7-4-5-8-15(14)17-16(20)19-10-6-9-18(2)11-12-19/h4-5,7-8H,3,6,9-13H2,1-2H3,(H,17,20). The average molecular weight is 291 g/mol. The van der Waals surface area contributed by atoms with Crippen LogP contribution in [0.15, 0.2) is 24.3 Å². The van der Waals surface area contributed by atoms with E-state index in [2.05, 4.69) is 17.3 Å². The summed E-state index contributed by atoms with van der Waals surface area (Å²) < 4.78 is 5.45. The monoisotopic (exact) mass is 291 g/mol. The van der Waals surface area contributed by atoms with Crippen molar-refractivity contribution in [3.63, 3.8) is 0 Å². The molecule has 1 N–H and O–H groups in total. The molecule has 1 fully saturated rings. The number of nitrogens with zero attached hydrogens (tertiary/aromatic N) is 2. The smallest absolute Gasteiger partial charge is 0.321 e. The Morgan fingerprint density at radius 2 is 2.05 bits per heavy atom. The molecule has 0 atom stereocenters. The number of benzene rings is 1. The number of carbonyl (C=O) groups is 1. The lowest BCUT2D eigenvalue weighted by molar-refractivity contribution is 0.134. The van der Waals surface area contributed by atoms with Gasteiger partial charge < -0.3 is 19.9 Å². The van der Waals surface area contributed by atoms with E-state index in [0.29, 0.717) is 13.2 Å². The molecule has 5 heteroatoms. The number of nitrogens with one attached hydrogen (secondary N) is 1. The summed E-state index contributed by atoms with van der Waals surface area (Å²) in [6.45, 7) is 6.71. The quantitative estimate of drug-likeness (QED) is 0.926. The average Bonchev–Trinajstić information content (AvgIpc) is 2.71. The lowest BCUT2D eigenvalue weighted by Gasteiger charge is -2.22. The summed E-state index contributed by atoms with van der Waals surface area (Å²) in [6.07, 6.45) is 1.02. The molecule has 1 aromatic rings. The summed E-state index contributed by atoms with van der Waals surface area (Å²) in [5.74, 6) is 0. The molecule has 2 amide bonds. The Morgan fingerprint density at radius 3 is 2.86 bits per heavy atom. The van der Waals surface area contributed by atoms with Crippen molar-refractivity contribution in [1.82, 2.24) is 9.80 Å². The first-order valence-corrected chi connectivity index (χ1v) is 7.61. The SMILES string of the molecule is CCOCc1ccccc1NC(=O)N1CCCN(C)CC1. The van der Waals surface area contributed by atoms with Crippen LogP contribution in [0.25, 0.3) is 0 Å². The van der Waals surface area contributed by atoms with Crippen molar-refractivity contribution in [1.29, 1.82) is 0 Å². The van der Waals surface area contributed by atoms with Crippen LogP contribution in [-0.4, -0.2) is 55.7 Å². The highest BCUT2D eigenvalue weighted by Gasteiger charge is 2.18. The van der Waals surface area contributed by atoms with Crippen LogP contribution in [0.1, 0.15) is 18.9 Å². The highest BCUT2D eigenvalue weighted by atomic mass is 16.5. The number of anilines is 1. The van der Waals surface area contributed by atoms with Gasteiger partial charge in [0, 0.05) is 37.5 Å². The van der Waals surface area contributed by atoms with Crippen LogP contribution >= 0.6 is 0 Å². The molecule has 0 aliphatic carbocycles. The van der Waals surface area contributed by atoms with Crippen molar-refractivity contribution in [3.05, 3.63) is 29.8 Å². The van der Waals surface area contributed by atoms with Crippen LogP contribution < -0.4 is 5.32 Å². The zero-order valence-corrected chi connectivity index (χ0v) is 13.0. The molecular weight excluding hydrogens is 266 g/mol. The van der Waals surface area contributed by atoms with Gasteiger partial charge in [-0.15, -0.1) is 0 Å². The fourth-order valence-electron chi connectivity index (χ4n) is 2.42. The fourth-order valence-corrected chi connectivity index (χ4v) is 2.42. The van der Waals surface area contributed by atoms with E-state index >= 15 is 0 Å². The number of carbonyl (C=O) groups excluding carboxylic acids is 1. The number of para-hydroxylation sites is 1. The van der Waals surface area contributed by atoms with Gasteiger partial charge in [0.25, 0.3) is 0 Å². The van der Waals surface area contributed by atoms with Gasteiger partial charge in [0.1, 0.15) is 0 Å². The van der Waals surface area contributed by atoms with E-state index in [4.69, 9.17) is 4.74 Å². The Bertz CT molecular complexity index is 465. The van der Waals surface area contributed by atoms with Crippen LogP contribution in [-0.2, 0) is 11.3 Å². The number of urea groups is 1. The predicted molar refractivity (Wildman–Crippen MR) is 84.5 cm³/mol. The summed E-state index contributed by atoms with van der Waals surface area (Å²) in [6, 6.07) is 7.79. The third-order valence-electron chi connectivity index (χ3n) is 3.73. The zero-order valence-electron chi connectivity index (χ0n) is 13.0. The second-order valence-corrected chi connectivity index (χ2v) is 5.37. The summed E-state index contributed by atoms with van der Waals surface area (Å²) >= 11 is 0. The lowest BCUT2D eigenvalue weighted by atomic mass is 10.2. The minimum atomic E-state index is -0.0192. The van der Waals surface area contributed by atoms with Gasteiger partial charge in [-0.05, 0) is 33.0 Å². The maximum Gasteiger partial charge on any atom is 0.321 e. The van der Waals surface area contributed by atoms with E-state index in [-0.39, 0.29) is 6.03 Å². The van der Waals surface area contributed by atoms with Gasteiger partial charge in [-0.1, -0.05) is 18.2 Å². The maximum absolute atomic E-state index is 12.4. The van der Waals surface area contributed by atoms with E-state index in [1.165, 1.54) is 0 Å². The van der Waals surface area contributed by atoms with Crippen molar-refractivity contribution in [3.8, 4) is 0 Å². The van der Waals surface area contributed by atoms with Crippen LogP contribution in [0.5, 0.6) is 0 Å². The van der Waals surface area contributed by atoms with Crippen molar-refractivity contribution in [2.75, 3.05) is 45.2 Å². The van der Waals surface area contributed by atoms with Gasteiger partial charge in [-0.25, -0.2) is 4.79 Å². The molecule has 1 aromatic carbocycles. The molecular formula is C16H25N3O2. The topological polar surface area (TPSA) is 44.8 Å². The Morgan fingerprint density at radius 1 is 1.24 bits per heavy atom. The molecule has 0 saturated carbocycles. The van der Waals surface area contributed by atoms with Crippen molar-refractivity contribution >= 4 is 11.7 Å². The van der Waals surface area contributed by atoms with Gasteiger partial charge in [-0.3, -0.25) is 0 Å². The molecule has 0 radical (unpaired) electrons. The summed E-state index contributed by atoms with van der Waals surface area (Å²) in [7, 11) is 2.10. The van der Waals surface area contributed by atoms with Gasteiger partial charge >= 0.3 is 6.03 Å². The normalized spacial score (nSPS) is 16.6. The number of hydrogen-bond donors (Lipinski definition) is 1. The molecule has 1 aliphatic heterocycles. The van der Waals surface area contributed by atoms with E-state index in [0.717, 1.165) is 43.9 Å². The van der Waals surface area contributed by atoms with Crippen LogP contribution in [0.3, 0.4) is 0 Å². The summed E-state index contributed by atoms with van der Waals surface area (Å²) in [4.78, 5) is 16.6. The number of amides is 2. The van der Waals surface area contributed by atoms with Crippen molar-refractivity contribution < 1.29 is 9.53 Å². The van der Waals surface area contributed by atoms with Crippen molar-refractivity contribution in [2.45, 2.75) is 20.0 Å². The molecule has 0 spiro atoms. The minimum absolute atomic E-state index is 0.0192. The van der Waals surface area contributed by atoms with E-state index in [1.807, 2.05) is 36.1 Å². The first-order chi connectivity index (χ1) is 10.2. The lowest BCUT2D eigenvalue weighted by Crippen LogP contribution is -2.37. The van der Waals surface area contributed by atoms with E-state index in [1.54, 1.807) is 0 Å². The minimum Gasteiger partial charge on any atom is -0.377 e. The molecule has 1 saturated heterocycles. The molecule has 1 heterocycles. The summed E-state index contributed by atoms with van der Waals surface area (Å²) in [5, 5.41) is 3.02. The first-order valence-electron chi connectivity index (χ1n) is 7.61. The van der Waals surface area contributed by atoms with Crippen LogP contribution in [0, 0.1) is 0 Å². The summed E-state index contributed by atoms with van der Waals surface area (Å²) in [5.41, 5.74) is 1.85. The van der Waals surface area contributed by atoms with Crippen LogP contribution in [0.2, 0.25) is 0 Å². The Hall–Kier alpha value is -1.59. The third-order valence-corrected chi connectivity index (χ3v) is 3.73. The number of hydrogen-bond acceptors (Lipinski definition) is 3. The number of likely N-dealkylation sites (N-methyl/N-ethyl adjacent to an activating group) is 1. The molecule has 2 rings (SSSR count). The first kappa shape index (κ1) is 15.8. The van der Waals surface area contributed by atoms with Gasteiger partial charge in [-0.2, -0.15) is 0 Å². The molecule has 0 bridgehead atoms. The van der Waals surface area contributed by atoms with Crippen molar-refractivity contribution in [2.24, 2.45) is 0 Å². The molecule has 1 aliphatic rings. The fraction of sp³-hybridized carbons (Fsp3) is 0.562. The number of ether oxygens (including phenoxy) is 1. The van der Waals surface area contributed by atoms with E-state index in [9.17, 15) is 4.79 Å². The highest BCUT2D eigenvalue weighted by Crippen LogP contribution is 2.17. The Balaban J connectivity index is 1.98. The largest absolute Gasteiger partial charge is 0.377 e. The molecule has 116 valence electrons. The second-order valence-electron chi connectivity index (χ2n) is 5.37. The van der Waals surface area contributed by atoms with Crippen LogP contribution in [0.4, 0.5) is 10.5 Å². The third kappa shape index (κ3) is 4.72. The molecule has 21 heavy (non-hydrogen) atoms. The Labute approximate surface area is 126 Å². The Kier molecular flexibility index (Phi) is 6.02. The van der Waals surface area contributed by atoms with Gasteiger partial charge in [0.15, 0.2) is 0 Å². The predicted octanol–water partition coefficient (Wildman–Crippen LogP) is 2.39. The van der Waals surface area contributed by atoms with Gasteiger partial charge in [0.05, 0.1) is 6.61 Å².